The van der Waals surface area contributed by atoms with Gasteiger partial charge in [0.25, 0.3) is 0 Å². The third kappa shape index (κ3) is 23.8. The first-order valence-electron chi connectivity index (χ1n) is 14.5. The van der Waals surface area contributed by atoms with Gasteiger partial charge >= 0.3 is 11.9 Å². The van der Waals surface area contributed by atoms with Crippen molar-refractivity contribution in [3.8, 4) is 0 Å². The Morgan fingerprint density at radius 3 is 1.03 bits per heavy atom. The molecule has 0 aliphatic carbocycles. The zero-order valence-electron chi connectivity index (χ0n) is 23.9. The lowest BCUT2D eigenvalue weighted by atomic mass is 10.1. The van der Waals surface area contributed by atoms with Gasteiger partial charge in [-0.25, -0.2) is 9.59 Å². The van der Waals surface area contributed by atoms with Crippen molar-refractivity contribution in [2.24, 2.45) is 0 Å². The molecule has 10 heteroatoms. The molecule has 0 aromatic heterocycles. The number of carboxylic acids is 2. The summed E-state index contributed by atoms with van der Waals surface area (Å²) in [7, 11) is 0. The highest BCUT2D eigenvalue weighted by Crippen LogP contribution is 2.09. The second kappa shape index (κ2) is 28.7. The van der Waals surface area contributed by atoms with Gasteiger partial charge < -0.3 is 38.6 Å². The van der Waals surface area contributed by atoms with Crippen molar-refractivity contribution in [2.45, 2.75) is 103 Å². The van der Waals surface area contributed by atoms with E-state index in [1.54, 1.807) is 0 Å². The van der Waals surface area contributed by atoms with Crippen molar-refractivity contribution >= 4 is 11.9 Å². The second-order valence-corrected chi connectivity index (χ2v) is 9.12. The minimum atomic E-state index is -1.62. The molecule has 0 amide bonds. The van der Waals surface area contributed by atoms with Crippen LogP contribution < -0.4 is 0 Å². The molecule has 0 aliphatic rings. The Morgan fingerprint density at radius 2 is 0.737 bits per heavy atom. The van der Waals surface area contributed by atoms with E-state index in [1.807, 2.05) is 13.8 Å². The van der Waals surface area contributed by atoms with Gasteiger partial charge in [0, 0.05) is 39.6 Å². The molecule has 0 heterocycles. The first-order chi connectivity index (χ1) is 18.5. The molecule has 0 rings (SSSR count). The molecule has 10 nitrogen and oxygen atoms in total. The zero-order chi connectivity index (χ0) is 28.1. The first-order valence-corrected chi connectivity index (χ1v) is 14.5. The molecule has 0 aliphatic heterocycles. The summed E-state index contributed by atoms with van der Waals surface area (Å²) in [6.07, 6.45) is 9.90. The van der Waals surface area contributed by atoms with Crippen LogP contribution in [0, 0.1) is 0 Å². The van der Waals surface area contributed by atoms with E-state index in [9.17, 15) is 19.8 Å². The topological polar surface area (TPSA) is 130 Å². The average molecular weight is 551 g/mol. The Labute approximate surface area is 229 Å². The van der Waals surface area contributed by atoms with Gasteiger partial charge in [-0.15, -0.1) is 0 Å². The standard InChI is InChI=1S/C28H54O10/c1-3-33-17-13-9-5-7-11-15-19-35-21-23-37-25(27(29)30)26(28(31)32)38-24-22-36-20-16-12-8-6-10-14-18-34-4-2/h25-26H,3-24H2,1-2H3,(H,29,30)(H,31,32). The molecular weight excluding hydrogens is 496 g/mol. The van der Waals surface area contributed by atoms with E-state index in [0.717, 1.165) is 77.8 Å². The van der Waals surface area contributed by atoms with E-state index in [2.05, 4.69) is 0 Å². The zero-order valence-corrected chi connectivity index (χ0v) is 23.9. The monoisotopic (exact) mass is 550 g/mol. The third-order valence-corrected chi connectivity index (χ3v) is 5.87. The smallest absolute Gasteiger partial charge is 0.336 e. The summed E-state index contributed by atoms with van der Waals surface area (Å²) in [5.41, 5.74) is 0. The molecule has 0 spiro atoms. The molecular formula is C28H54O10. The maximum Gasteiger partial charge on any atom is 0.336 e. The van der Waals surface area contributed by atoms with Gasteiger partial charge in [-0.1, -0.05) is 51.4 Å². The maximum atomic E-state index is 11.6. The summed E-state index contributed by atoms with van der Waals surface area (Å²) in [4.78, 5) is 23.1. The maximum absolute atomic E-state index is 11.6. The summed E-state index contributed by atoms with van der Waals surface area (Å²) >= 11 is 0. The van der Waals surface area contributed by atoms with E-state index >= 15 is 0 Å². The van der Waals surface area contributed by atoms with Crippen molar-refractivity contribution in [3.63, 3.8) is 0 Å². The Hall–Kier alpha value is -1.30. The van der Waals surface area contributed by atoms with E-state index in [1.165, 1.54) is 25.7 Å². The van der Waals surface area contributed by atoms with Crippen LogP contribution in [-0.4, -0.2) is 100 Å². The Kier molecular flexibility index (Phi) is 27.7. The highest BCUT2D eigenvalue weighted by molar-refractivity contribution is 5.83. The predicted octanol–water partition coefficient (Wildman–Crippen LogP) is 4.71. The molecule has 0 aromatic carbocycles. The van der Waals surface area contributed by atoms with Crippen LogP contribution in [0.2, 0.25) is 0 Å². The predicted molar refractivity (Wildman–Crippen MR) is 145 cm³/mol. The fourth-order valence-electron chi connectivity index (χ4n) is 3.77. The molecule has 226 valence electrons. The second-order valence-electron chi connectivity index (χ2n) is 9.12. The average Bonchev–Trinajstić information content (AvgIpc) is 2.89. The van der Waals surface area contributed by atoms with Crippen LogP contribution in [-0.2, 0) is 38.0 Å². The molecule has 2 atom stereocenters. The molecule has 0 saturated heterocycles. The third-order valence-electron chi connectivity index (χ3n) is 5.87. The summed E-state index contributed by atoms with van der Waals surface area (Å²) in [6.45, 7) is 8.65. The fraction of sp³-hybridized carbons (Fsp3) is 0.929. The number of carbonyl (C=O) groups is 2. The first kappa shape index (κ1) is 36.7. The van der Waals surface area contributed by atoms with E-state index < -0.39 is 24.1 Å². The normalized spacial score (nSPS) is 13.0. The number of aliphatic carboxylic acids is 2. The largest absolute Gasteiger partial charge is 0.479 e. The molecule has 0 fully saturated rings. The van der Waals surface area contributed by atoms with Gasteiger partial charge in [0.15, 0.2) is 12.2 Å². The van der Waals surface area contributed by atoms with Gasteiger partial charge in [0.1, 0.15) is 0 Å². The highest BCUT2D eigenvalue weighted by atomic mass is 16.6. The number of carboxylic acid groups (broad SMARTS) is 2. The summed E-state index contributed by atoms with van der Waals surface area (Å²) in [5, 5.41) is 18.9. The van der Waals surface area contributed by atoms with E-state index in [4.69, 9.17) is 28.4 Å². The van der Waals surface area contributed by atoms with Crippen LogP contribution in [0.25, 0.3) is 0 Å². The molecule has 38 heavy (non-hydrogen) atoms. The number of hydrogen-bond donors (Lipinski definition) is 2. The lowest BCUT2D eigenvalue weighted by molar-refractivity contribution is -0.179. The van der Waals surface area contributed by atoms with Gasteiger partial charge in [-0.2, -0.15) is 0 Å². The molecule has 0 saturated carbocycles. The van der Waals surface area contributed by atoms with Crippen LogP contribution in [0.3, 0.4) is 0 Å². The van der Waals surface area contributed by atoms with Crippen LogP contribution in [0.4, 0.5) is 0 Å². The number of rotatable bonds is 31. The summed E-state index contributed by atoms with van der Waals surface area (Å²) in [6, 6.07) is 0. The molecule has 2 N–H and O–H groups in total. The van der Waals surface area contributed by atoms with Crippen molar-refractivity contribution < 1.29 is 48.2 Å². The minimum absolute atomic E-state index is 0.0241. The SMILES string of the molecule is CCOCCCCCCCCOCCOC(C(=O)O)C(OCCOCCCCCCCCOCC)C(=O)O. The lowest BCUT2D eigenvalue weighted by Crippen LogP contribution is -2.44. The van der Waals surface area contributed by atoms with Crippen LogP contribution in [0.15, 0.2) is 0 Å². The minimum Gasteiger partial charge on any atom is -0.479 e. The van der Waals surface area contributed by atoms with Crippen molar-refractivity contribution in [3.05, 3.63) is 0 Å². The van der Waals surface area contributed by atoms with Gasteiger partial charge in [-0.3, -0.25) is 0 Å². The van der Waals surface area contributed by atoms with Crippen molar-refractivity contribution in [2.75, 3.05) is 66.1 Å². The van der Waals surface area contributed by atoms with Gasteiger partial charge in [0.2, 0.25) is 0 Å². The number of hydrogen-bond acceptors (Lipinski definition) is 8. The Bertz CT molecular complexity index is 486. The van der Waals surface area contributed by atoms with E-state index in [-0.39, 0.29) is 26.4 Å². The van der Waals surface area contributed by atoms with Crippen molar-refractivity contribution in [1.29, 1.82) is 0 Å². The number of ether oxygens (including phenoxy) is 6. The number of unbranched alkanes of at least 4 members (excludes halogenated alkanes) is 10. The van der Waals surface area contributed by atoms with E-state index in [0.29, 0.717) is 13.2 Å². The van der Waals surface area contributed by atoms with Gasteiger partial charge in [-0.05, 0) is 39.5 Å². The molecule has 0 radical (unpaired) electrons. The molecule has 2 unspecified atom stereocenters. The van der Waals surface area contributed by atoms with Crippen LogP contribution in [0.5, 0.6) is 0 Å². The quantitative estimate of drug-likeness (QED) is 0.117. The van der Waals surface area contributed by atoms with Crippen LogP contribution in [0.1, 0.15) is 90.9 Å². The molecule has 0 bridgehead atoms. The highest BCUT2D eigenvalue weighted by Gasteiger charge is 2.35. The van der Waals surface area contributed by atoms with Crippen molar-refractivity contribution in [1.82, 2.24) is 0 Å². The Morgan fingerprint density at radius 1 is 0.447 bits per heavy atom. The molecule has 0 aromatic rings. The van der Waals surface area contributed by atoms with Crippen LogP contribution >= 0.6 is 0 Å². The summed E-state index contributed by atoms with van der Waals surface area (Å²) < 4.78 is 32.2. The fourth-order valence-corrected chi connectivity index (χ4v) is 3.77. The lowest BCUT2D eigenvalue weighted by Gasteiger charge is -2.21. The van der Waals surface area contributed by atoms with Gasteiger partial charge in [0.05, 0.1) is 26.4 Å². The summed E-state index contributed by atoms with van der Waals surface area (Å²) in [5.74, 6) is -2.77. The Balaban J connectivity index is 3.84.